The van der Waals surface area contributed by atoms with Gasteiger partial charge in [-0.25, -0.2) is 0 Å². The zero-order chi connectivity index (χ0) is 13.3. The van der Waals surface area contributed by atoms with E-state index in [4.69, 9.17) is 11.5 Å². The maximum Gasteiger partial charge on any atom is 0.227 e. The highest BCUT2D eigenvalue weighted by Gasteiger charge is 2.38. The molecule has 0 aromatic carbocycles. The summed E-state index contributed by atoms with van der Waals surface area (Å²) in [5, 5.41) is 0. The smallest absolute Gasteiger partial charge is 0.227 e. The zero-order valence-electron chi connectivity index (χ0n) is 11.0. The van der Waals surface area contributed by atoms with Crippen molar-refractivity contribution in [2.24, 2.45) is 23.3 Å². The third-order valence-electron chi connectivity index (χ3n) is 4.45. The predicted octanol–water partition coefficient (Wildman–Crippen LogP) is 0.226. The van der Waals surface area contributed by atoms with Crippen LogP contribution in [0.1, 0.15) is 39.0 Å². The van der Waals surface area contributed by atoms with Gasteiger partial charge in [-0.3, -0.25) is 9.59 Å². The summed E-state index contributed by atoms with van der Waals surface area (Å²) < 4.78 is 0. The molecule has 18 heavy (non-hydrogen) atoms. The van der Waals surface area contributed by atoms with Crippen LogP contribution in [0.4, 0.5) is 0 Å². The highest BCUT2D eigenvalue weighted by molar-refractivity contribution is 5.82. The van der Waals surface area contributed by atoms with Gasteiger partial charge in [-0.1, -0.05) is 6.42 Å². The molecule has 0 aromatic heterocycles. The molecule has 1 heterocycles. The predicted molar refractivity (Wildman–Crippen MR) is 68.4 cm³/mol. The van der Waals surface area contributed by atoms with Crippen molar-refractivity contribution in [3.05, 3.63) is 0 Å². The molecule has 0 aromatic rings. The molecule has 1 aliphatic carbocycles. The Kier molecular flexibility index (Phi) is 3.90. The normalized spacial score (nSPS) is 36.7. The lowest BCUT2D eigenvalue weighted by molar-refractivity contribution is -0.141. The van der Waals surface area contributed by atoms with E-state index in [9.17, 15) is 9.59 Å². The first-order chi connectivity index (χ1) is 8.50. The molecule has 5 heteroatoms. The molecule has 2 aliphatic rings. The van der Waals surface area contributed by atoms with E-state index in [-0.39, 0.29) is 35.7 Å². The van der Waals surface area contributed by atoms with Crippen molar-refractivity contribution in [3.8, 4) is 0 Å². The van der Waals surface area contributed by atoms with Gasteiger partial charge in [0.2, 0.25) is 11.8 Å². The van der Waals surface area contributed by atoms with Crippen LogP contribution in [0, 0.1) is 11.8 Å². The molecule has 1 aliphatic heterocycles. The third-order valence-corrected chi connectivity index (χ3v) is 4.45. The standard InChI is InChI=1S/C13H23N3O2/c1-8-5-6-9(12(15)17)7-16(8)13(18)10-3-2-4-11(10)14/h8-11H,2-7,14H2,1H3,(H2,15,17). The first-order valence-corrected chi connectivity index (χ1v) is 6.86. The van der Waals surface area contributed by atoms with Crippen LogP contribution in [0.2, 0.25) is 0 Å². The van der Waals surface area contributed by atoms with Gasteiger partial charge in [-0.05, 0) is 32.6 Å². The fourth-order valence-corrected chi connectivity index (χ4v) is 3.15. The van der Waals surface area contributed by atoms with Gasteiger partial charge >= 0.3 is 0 Å². The summed E-state index contributed by atoms with van der Waals surface area (Å²) in [6.07, 6.45) is 4.47. The molecule has 102 valence electrons. The Hall–Kier alpha value is -1.10. The van der Waals surface area contributed by atoms with Gasteiger partial charge in [-0.2, -0.15) is 0 Å². The van der Waals surface area contributed by atoms with Crippen LogP contribution < -0.4 is 11.5 Å². The van der Waals surface area contributed by atoms with Crippen LogP contribution in [-0.4, -0.2) is 35.3 Å². The summed E-state index contributed by atoms with van der Waals surface area (Å²) >= 11 is 0. The van der Waals surface area contributed by atoms with Crippen LogP contribution in [0.25, 0.3) is 0 Å². The summed E-state index contributed by atoms with van der Waals surface area (Å²) in [6, 6.07) is 0.180. The molecule has 4 unspecified atom stereocenters. The average Bonchev–Trinajstić information content (AvgIpc) is 2.75. The highest BCUT2D eigenvalue weighted by Crippen LogP contribution is 2.30. The van der Waals surface area contributed by atoms with E-state index >= 15 is 0 Å². The first-order valence-electron chi connectivity index (χ1n) is 6.86. The molecule has 0 bridgehead atoms. The van der Waals surface area contributed by atoms with Gasteiger partial charge in [0, 0.05) is 18.6 Å². The van der Waals surface area contributed by atoms with Crippen molar-refractivity contribution in [2.75, 3.05) is 6.54 Å². The topological polar surface area (TPSA) is 89.4 Å². The number of hydrogen-bond donors (Lipinski definition) is 2. The van der Waals surface area contributed by atoms with E-state index in [1.54, 1.807) is 0 Å². The molecule has 2 fully saturated rings. The van der Waals surface area contributed by atoms with Crippen LogP contribution in [0.3, 0.4) is 0 Å². The van der Waals surface area contributed by atoms with Gasteiger partial charge in [0.1, 0.15) is 0 Å². The summed E-state index contributed by atoms with van der Waals surface area (Å²) in [7, 11) is 0. The average molecular weight is 253 g/mol. The first kappa shape index (κ1) is 13.3. The lowest BCUT2D eigenvalue weighted by Crippen LogP contribution is -2.52. The monoisotopic (exact) mass is 253 g/mol. The van der Waals surface area contributed by atoms with Crippen LogP contribution in [0.5, 0.6) is 0 Å². The summed E-state index contributed by atoms with van der Waals surface area (Å²) in [5.74, 6) is -0.421. The molecule has 5 nitrogen and oxygen atoms in total. The van der Waals surface area contributed by atoms with E-state index in [1.165, 1.54) is 0 Å². The van der Waals surface area contributed by atoms with Crippen LogP contribution in [0.15, 0.2) is 0 Å². The zero-order valence-corrected chi connectivity index (χ0v) is 11.0. The number of carbonyl (C=O) groups is 2. The number of amides is 2. The highest BCUT2D eigenvalue weighted by atomic mass is 16.2. The fraction of sp³-hybridized carbons (Fsp3) is 0.846. The number of hydrogen-bond acceptors (Lipinski definition) is 3. The molecule has 2 rings (SSSR count). The van der Waals surface area contributed by atoms with Gasteiger partial charge in [-0.15, -0.1) is 0 Å². The minimum absolute atomic E-state index is 0.0151. The minimum Gasteiger partial charge on any atom is -0.369 e. The third kappa shape index (κ3) is 2.51. The van der Waals surface area contributed by atoms with E-state index in [2.05, 4.69) is 0 Å². The molecule has 1 saturated heterocycles. The Morgan fingerprint density at radius 2 is 1.89 bits per heavy atom. The summed E-state index contributed by atoms with van der Waals surface area (Å²) in [5.41, 5.74) is 11.3. The van der Waals surface area contributed by atoms with E-state index in [0.29, 0.717) is 6.54 Å². The fourth-order valence-electron chi connectivity index (χ4n) is 3.15. The van der Waals surface area contributed by atoms with E-state index in [0.717, 1.165) is 32.1 Å². The summed E-state index contributed by atoms with van der Waals surface area (Å²) in [6.45, 7) is 2.51. The van der Waals surface area contributed by atoms with E-state index in [1.807, 2.05) is 11.8 Å². The van der Waals surface area contributed by atoms with Crippen molar-refractivity contribution in [1.29, 1.82) is 0 Å². The Balaban J connectivity index is 2.05. The molecule has 4 atom stereocenters. The number of carbonyl (C=O) groups excluding carboxylic acids is 2. The molecular formula is C13H23N3O2. The van der Waals surface area contributed by atoms with Crippen molar-refractivity contribution in [2.45, 2.75) is 51.1 Å². The molecule has 1 saturated carbocycles. The number of primary amides is 1. The van der Waals surface area contributed by atoms with Crippen molar-refractivity contribution < 1.29 is 9.59 Å². The minimum atomic E-state index is -0.296. The molecule has 0 radical (unpaired) electrons. The van der Waals surface area contributed by atoms with Crippen LogP contribution in [-0.2, 0) is 9.59 Å². The number of nitrogens with zero attached hydrogens (tertiary/aromatic N) is 1. The van der Waals surface area contributed by atoms with Crippen LogP contribution >= 0.6 is 0 Å². The number of nitrogens with two attached hydrogens (primary N) is 2. The SMILES string of the molecule is CC1CCC(C(N)=O)CN1C(=O)C1CCCC1N. The number of piperidine rings is 1. The van der Waals surface area contributed by atoms with E-state index < -0.39 is 0 Å². The van der Waals surface area contributed by atoms with Crippen molar-refractivity contribution in [1.82, 2.24) is 4.90 Å². The maximum atomic E-state index is 12.5. The van der Waals surface area contributed by atoms with Gasteiger partial charge in [0.25, 0.3) is 0 Å². The molecule has 0 spiro atoms. The summed E-state index contributed by atoms with van der Waals surface area (Å²) in [4.78, 5) is 25.6. The Labute approximate surface area is 108 Å². The Bertz CT molecular complexity index is 345. The lowest BCUT2D eigenvalue weighted by Gasteiger charge is -2.38. The maximum absolute atomic E-state index is 12.5. The van der Waals surface area contributed by atoms with Gasteiger partial charge in [0.15, 0.2) is 0 Å². The Morgan fingerprint density at radius 1 is 1.17 bits per heavy atom. The second kappa shape index (κ2) is 5.26. The molecule has 4 N–H and O–H groups in total. The number of rotatable bonds is 2. The second-order valence-corrected chi connectivity index (χ2v) is 5.72. The lowest BCUT2D eigenvalue weighted by atomic mass is 9.91. The molecular weight excluding hydrogens is 230 g/mol. The second-order valence-electron chi connectivity index (χ2n) is 5.72. The van der Waals surface area contributed by atoms with Crippen molar-refractivity contribution in [3.63, 3.8) is 0 Å². The Morgan fingerprint density at radius 3 is 2.44 bits per heavy atom. The number of likely N-dealkylation sites (tertiary alicyclic amines) is 1. The van der Waals surface area contributed by atoms with Gasteiger partial charge in [0.05, 0.1) is 11.8 Å². The molecule has 2 amide bonds. The van der Waals surface area contributed by atoms with Gasteiger partial charge < -0.3 is 16.4 Å². The largest absolute Gasteiger partial charge is 0.369 e. The van der Waals surface area contributed by atoms with Crippen molar-refractivity contribution >= 4 is 11.8 Å². The quantitative estimate of drug-likeness (QED) is 0.738.